The lowest BCUT2D eigenvalue weighted by Gasteiger charge is -2.17. The zero-order valence-electron chi connectivity index (χ0n) is 10.8. The summed E-state index contributed by atoms with van der Waals surface area (Å²) in [7, 11) is 1.81. The summed E-state index contributed by atoms with van der Waals surface area (Å²) in [5, 5.41) is 4.70. The standard InChI is InChI=1S/C13H16ClFN4/c1-3-9-7-12(19(2)18-9)13(17-16)10-5-4-8(14)6-11(10)15/h4-7,13,17H,3,16H2,1-2H3. The van der Waals surface area contributed by atoms with E-state index in [4.69, 9.17) is 17.4 Å². The third-order valence-corrected chi connectivity index (χ3v) is 3.30. The number of nitrogens with zero attached hydrogens (tertiary/aromatic N) is 2. The molecule has 2 aromatic rings. The van der Waals surface area contributed by atoms with Crippen LogP contribution in [0.15, 0.2) is 24.3 Å². The second kappa shape index (κ2) is 5.69. The van der Waals surface area contributed by atoms with E-state index < -0.39 is 11.9 Å². The molecule has 102 valence electrons. The topological polar surface area (TPSA) is 55.9 Å². The zero-order valence-corrected chi connectivity index (χ0v) is 11.6. The van der Waals surface area contributed by atoms with Crippen LogP contribution in [0.1, 0.15) is 29.9 Å². The Morgan fingerprint density at radius 1 is 1.47 bits per heavy atom. The minimum Gasteiger partial charge on any atom is -0.271 e. The van der Waals surface area contributed by atoms with Gasteiger partial charge in [-0.15, -0.1) is 0 Å². The summed E-state index contributed by atoms with van der Waals surface area (Å²) in [6, 6.07) is 5.99. The predicted molar refractivity (Wildman–Crippen MR) is 73.2 cm³/mol. The molecule has 0 spiro atoms. The number of halogens is 2. The van der Waals surface area contributed by atoms with Gasteiger partial charge in [-0.25, -0.2) is 9.82 Å². The summed E-state index contributed by atoms with van der Waals surface area (Å²) in [5.41, 5.74) is 4.81. The first kappa shape index (κ1) is 14.0. The van der Waals surface area contributed by atoms with Gasteiger partial charge in [0.05, 0.1) is 17.4 Å². The van der Waals surface area contributed by atoms with Gasteiger partial charge in [0, 0.05) is 17.6 Å². The van der Waals surface area contributed by atoms with Crippen molar-refractivity contribution < 1.29 is 4.39 Å². The van der Waals surface area contributed by atoms with Crippen LogP contribution in [0.2, 0.25) is 5.02 Å². The summed E-state index contributed by atoms with van der Waals surface area (Å²) >= 11 is 5.76. The molecule has 2 rings (SSSR count). The fourth-order valence-corrected chi connectivity index (χ4v) is 2.22. The number of rotatable bonds is 4. The average Bonchev–Trinajstić information content (AvgIpc) is 2.74. The van der Waals surface area contributed by atoms with Gasteiger partial charge in [-0.05, 0) is 24.6 Å². The molecule has 1 aromatic heterocycles. The third-order valence-electron chi connectivity index (χ3n) is 3.06. The predicted octanol–water partition coefficient (Wildman–Crippen LogP) is 2.33. The molecule has 0 fully saturated rings. The van der Waals surface area contributed by atoms with Gasteiger partial charge in [0.15, 0.2) is 0 Å². The summed E-state index contributed by atoms with van der Waals surface area (Å²) in [4.78, 5) is 0. The highest BCUT2D eigenvalue weighted by Gasteiger charge is 2.20. The third kappa shape index (κ3) is 2.78. The summed E-state index contributed by atoms with van der Waals surface area (Å²) in [5.74, 6) is 5.18. The van der Waals surface area contributed by atoms with Gasteiger partial charge in [-0.3, -0.25) is 10.5 Å². The van der Waals surface area contributed by atoms with Crippen LogP contribution in [-0.4, -0.2) is 9.78 Å². The van der Waals surface area contributed by atoms with E-state index in [1.54, 1.807) is 16.8 Å². The molecule has 0 radical (unpaired) electrons. The minimum atomic E-state index is -0.463. The van der Waals surface area contributed by atoms with Crippen molar-refractivity contribution in [2.75, 3.05) is 0 Å². The van der Waals surface area contributed by atoms with Crippen LogP contribution in [0, 0.1) is 5.82 Å². The second-order valence-corrected chi connectivity index (χ2v) is 4.74. The molecule has 6 heteroatoms. The molecular formula is C13H16ClFN4. The van der Waals surface area contributed by atoms with Crippen molar-refractivity contribution in [2.45, 2.75) is 19.4 Å². The zero-order chi connectivity index (χ0) is 14.0. The molecule has 1 heterocycles. The second-order valence-electron chi connectivity index (χ2n) is 4.30. The molecule has 0 saturated heterocycles. The lowest BCUT2D eigenvalue weighted by Crippen LogP contribution is -2.31. The Kier molecular flexibility index (Phi) is 4.19. The van der Waals surface area contributed by atoms with Gasteiger partial charge in [0.2, 0.25) is 0 Å². The molecule has 0 amide bonds. The Morgan fingerprint density at radius 3 is 2.74 bits per heavy atom. The lowest BCUT2D eigenvalue weighted by molar-refractivity contribution is 0.532. The van der Waals surface area contributed by atoms with E-state index in [-0.39, 0.29) is 0 Å². The van der Waals surface area contributed by atoms with E-state index in [1.165, 1.54) is 6.07 Å². The van der Waals surface area contributed by atoms with Gasteiger partial charge in [0.1, 0.15) is 5.82 Å². The van der Waals surface area contributed by atoms with Crippen LogP contribution in [0.3, 0.4) is 0 Å². The van der Waals surface area contributed by atoms with E-state index in [0.717, 1.165) is 17.8 Å². The first-order chi connectivity index (χ1) is 9.06. The number of aromatic nitrogens is 2. The molecule has 1 aromatic carbocycles. The lowest BCUT2D eigenvalue weighted by atomic mass is 10.0. The Hall–Kier alpha value is -1.43. The van der Waals surface area contributed by atoms with Gasteiger partial charge >= 0.3 is 0 Å². The molecule has 0 bridgehead atoms. The fraction of sp³-hybridized carbons (Fsp3) is 0.308. The van der Waals surface area contributed by atoms with Gasteiger partial charge in [0.25, 0.3) is 0 Å². The Labute approximate surface area is 116 Å². The molecule has 4 nitrogen and oxygen atoms in total. The van der Waals surface area contributed by atoms with Crippen LogP contribution in [-0.2, 0) is 13.5 Å². The Morgan fingerprint density at radius 2 is 2.21 bits per heavy atom. The largest absolute Gasteiger partial charge is 0.271 e. The summed E-state index contributed by atoms with van der Waals surface area (Å²) < 4.78 is 15.7. The molecule has 0 aliphatic heterocycles. The molecule has 0 saturated carbocycles. The fourth-order valence-electron chi connectivity index (χ4n) is 2.06. The van der Waals surface area contributed by atoms with Crippen LogP contribution in [0.25, 0.3) is 0 Å². The van der Waals surface area contributed by atoms with E-state index >= 15 is 0 Å². The van der Waals surface area contributed by atoms with E-state index in [1.807, 2.05) is 20.0 Å². The molecule has 0 aliphatic carbocycles. The summed E-state index contributed by atoms with van der Waals surface area (Å²) in [6.45, 7) is 2.01. The number of benzene rings is 1. The molecule has 0 aliphatic rings. The maximum atomic E-state index is 14.0. The molecule has 1 unspecified atom stereocenters. The number of aryl methyl sites for hydroxylation is 2. The highest BCUT2D eigenvalue weighted by molar-refractivity contribution is 6.30. The maximum Gasteiger partial charge on any atom is 0.129 e. The molecular weight excluding hydrogens is 267 g/mol. The quantitative estimate of drug-likeness (QED) is 0.668. The summed E-state index contributed by atoms with van der Waals surface area (Å²) in [6.07, 6.45) is 0.814. The van der Waals surface area contributed by atoms with Gasteiger partial charge in [-0.1, -0.05) is 24.6 Å². The first-order valence-electron chi connectivity index (χ1n) is 6.00. The van der Waals surface area contributed by atoms with Crippen molar-refractivity contribution in [1.29, 1.82) is 0 Å². The van der Waals surface area contributed by atoms with Crippen LogP contribution < -0.4 is 11.3 Å². The number of hydrazine groups is 1. The highest BCUT2D eigenvalue weighted by atomic mass is 35.5. The average molecular weight is 283 g/mol. The van der Waals surface area contributed by atoms with Crippen LogP contribution in [0.4, 0.5) is 4.39 Å². The van der Waals surface area contributed by atoms with Crippen LogP contribution in [0.5, 0.6) is 0 Å². The monoisotopic (exact) mass is 282 g/mol. The normalized spacial score (nSPS) is 12.7. The van der Waals surface area contributed by atoms with Gasteiger partial charge in [-0.2, -0.15) is 5.10 Å². The maximum absolute atomic E-state index is 14.0. The number of hydrogen-bond donors (Lipinski definition) is 2. The van der Waals surface area contributed by atoms with Crippen molar-refractivity contribution in [3.8, 4) is 0 Å². The molecule has 19 heavy (non-hydrogen) atoms. The van der Waals surface area contributed by atoms with Crippen molar-refractivity contribution in [1.82, 2.24) is 15.2 Å². The minimum absolute atomic E-state index is 0.358. The smallest absolute Gasteiger partial charge is 0.129 e. The van der Waals surface area contributed by atoms with Crippen molar-refractivity contribution in [2.24, 2.45) is 12.9 Å². The number of nitrogens with two attached hydrogens (primary N) is 1. The number of hydrogen-bond acceptors (Lipinski definition) is 3. The van der Waals surface area contributed by atoms with Crippen LogP contribution >= 0.6 is 11.6 Å². The Balaban J connectivity index is 2.46. The SMILES string of the molecule is CCc1cc(C(NN)c2ccc(Cl)cc2F)n(C)n1. The first-order valence-corrected chi connectivity index (χ1v) is 6.38. The molecule has 3 N–H and O–H groups in total. The number of nitrogens with one attached hydrogen (secondary N) is 1. The van der Waals surface area contributed by atoms with Crippen molar-refractivity contribution >= 4 is 11.6 Å². The Bertz CT molecular complexity index is 582. The van der Waals surface area contributed by atoms with Crippen molar-refractivity contribution in [3.05, 3.63) is 52.1 Å². The van der Waals surface area contributed by atoms with E-state index in [2.05, 4.69) is 10.5 Å². The highest BCUT2D eigenvalue weighted by Crippen LogP contribution is 2.26. The molecule has 1 atom stereocenters. The van der Waals surface area contributed by atoms with Crippen molar-refractivity contribution in [3.63, 3.8) is 0 Å². The van der Waals surface area contributed by atoms with E-state index in [9.17, 15) is 4.39 Å². The van der Waals surface area contributed by atoms with Gasteiger partial charge < -0.3 is 0 Å². The van der Waals surface area contributed by atoms with E-state index in [0.29, 0.717) is 10.6 Å².